The summed E-state index contributed by atoms with van der Waals surface area (Å²) in [5.74, 6) is 0.359. The van der Waals surface area contributed by atoms with Gasteiger partial charge in [-0.25, -0.2) is 0 Å². The third-order valence-corrected chi connectivity index (χ3v) is 7.70. The second-order valence-corrected chi connectivity index (χ2v) is 10.0. The first kappa shape index (κ1) is 20.1. The maximum Gasteiger partial charge on any atom is 0.123 e. The number of phenols is 1. The number of hydrogen-bond acceptors (Lipinski definition) is 1. The molecule has 0 fully saturated rings. The van der Waals surface area contributed by atoms with Crippen molar-refractivity contribution in [2.45, 2.75) is 19.3 Å². The summed E-state index contributed by atoms with van der Waals surface area (Å²) in [5.41, 5.74) is 10.4. The fourth-order valence-electron chi connectivity index (χ4n) is 5.96. The number of aromatic nitrogens is 1. The average Bonchev–Trinajstić information content (AvgIpc) is 3.34. The molecule has 168 valence electrons. The molecule has 0 amide bonds. The molecule has 1 aromatic heterocycles. The number of hydrogen-bond donors (Lipinski definition) is 1. The van der Waals surface area contributed by atoms with E-state index in [2.05, 4.69) is 115 Å². The van der Waals surface area contributed by atoms with Crippen LogP contribution in [-0.4, -0.2) is 9.67 Å². The summed E-state index contributed by atoms with van der Waals surface area (Å²) >= 11 is 0. The Hall–Kier alpha value is -4.30. The molecule has 0 saturated heterocycles. The first-order valence-corrected chi connectivity index (χ1v) is 12.1. The first-order valence-electron chi connectivity index (χ1n) is 12.1. The number of phenolic OH excluding ortho intramolecular Hbond substituents is 1. The molecule has 2 nitrogen and oxygen atoms in total. The highest BCUT2D eigenvalue weighted by Crippen LogP contribution is 2.52. The summed E-state index contributed by atoms with van der Waals surface area (Å²) in [6.07, 6.45) is 0. The van der Waals surface area contributed by atoms with Gasteiger partial charge in [0.2, 0.25) is 0 Å². The monoisotopic (exact) mass is 451 g/mol. The van der Waals surface area contributed by atoms with Crippen LogP contribution in [0.25, 0.3) is 49.7 Å². The summed E-state index contributed by atoms with van der Waals surface area (Å²) in [4.78, 5) is 0. The number of nitrogens with zero attached hydrogens (tertiary/aromatic N) is 1. The molecule has 0 aliphatic heterocycles. The Bertz CT molecular complexity index is 1770. The number of aromatic hydroxyl groups is 1. The third kappa shape index (κ3) is 2.77. The lowest BCUT2D eigenvalue weighted by molar-refractivity contribution is 0.476. The highest BCUT2D eigenvalue weighted by atomic mass is 16.3. The molecule has 1 heterocycles. The van der Waals surface area contributed by atoms with Crippen LogP contribution in [0.1, 0.15) is 25.0 Å². The first-order chi connectivity index (χ1) is 17.0. The van der Waals surface area contributed by atoms with Gasteiger partial charge in [0, 0.05) is 27.4 Å². The second kappa shape index (κ2) is 7.10. The molecule has 1 aliphatic rings. The van der Waals surface area contributed by atoms with Crippen molar-refractivity contribution in [1.82, 2.24) is 4.57 Å². The van der Waals surface area contributed by atoms with Gasteiger partial charge in [-0.2, -0.15) is 0 Å². The summed E-state index contributed by atoms with van der Waals surface area (Å²) in [7, 11) is 0. The molecule has 0 bridgehead atoms. The average molecular weight is 452 g/mol. The highest BCUT2D eigenvalue weighted by Gasteiger charge is 2.37. The summed E-state index contributed by atoms with van der Waals surface area (Å²) in [6.45, 7) is 4.50. The molecule has 0 spiro atoms. The van der Waals surface area contributed by atoms with Crippen LogP contribution in [0.3, 0.4) is 0 Å². The molecule has 2 heteroatoms. The second-order valence-electron chi connectivity index (χ2n) is 10.0. The van der Waals surface area contributed by atoms with E-state index in [9.17, 15) is 5.11 Å². The molecule has 0 atom stereocenters. The molecule has 35 heavy (non-hydrogen) atoms. The van der Waals surface area contributed by atoms with Gasteiger partial charge in [-0.05, 0) is 70.3 Å². The molecule has 0 radical (unpaired) electrons. The third-order valence-electron chi connectivity index (χ3n) is 7.70. The Morgan fingerprint density at radius 1 is 0.600 bits per heavy atom. The standard InChI is InChI=1S/C33H25NO/c1-33(2)27-12-8-14-31(35)32(27)25-17-15-22(20-28(25)33)21-16-18-30-26(19-21)24-11-6-7-13-29(24)34(30)23-9-4-3-5-10-23/h3-20,35H,1-2H3. The Morgan fingerprint density at radius 2 is 1.31 bits per heavy atom. The molecule has 0 saturated carbocycles. The summed E-state index contributed by atoms with van der Waals surface area (Å²) in [6, 6.07) is 38.5. The lowest BCUT2D eigenvalue weighted by Gasteiger charge is -2.22. The number of fused-ring (bicyclic) bond motifs is 6. The Kier molecular flexibility index (Phi) is 4.08. The van der Waals surface area contributed by atoms with Crippen molar-refractivity contribution in [2.24, 2.45) is 0 Å². The quantitative estimate of drug-likeness (QED) is 0.281. The Balaban J connectivity index is 1.44. The molecular weight excluding hydrogens is 426 g/mol. The van der Waals surface area contributed by atoms with Gasteiger partial charge >= 0.3 is 0 Å². The predicted octanol–water partition coefficient (Wildman–Crippen LogP) is 8.46. The molecular formula is C33H25NO. The van der Waals surface area contributed by atoms with Gasteiger partial charge in [-0.3, -0.25) is 0 Å². The minimum atomic E-state index is -0.160. The Labute approximate surface area is 204 Å². The predicted molar refractivity (Wildman–Crippen MR) is 145 cm³/mol. The smallest absolute Gasteiger partial charge is 0.123 e. The van der Waals surface area contributed by atoms with E-state index >= 15 is 0 Å². The van der Waals surface area contributed by atoms with Crippen LogP contribution in [0.2, 0.25) is 0 Å². The minimum absolute atomic E-state index is 0.160. The van der Waals surface area contributed by atoms with E-state index in [0.717, 1.165) is 11.1 Å². The van der Waals surface area contributed by atoms with Gasteiger partial charge in [-0.15, -0.1) is 0 Å². The highest BCUT2D eigenvalue weighted by molar-refractivity contribution is 6.10. The van der Waals surface area contributed by atoms with Crippen molar-refractivity contribution >= 4 is 21.8 Å². The van der Waals surface area contributed by atoms with Crippen molar-refractivity contribution in [1.29, 1.82) is 0 Å². The van der Waals surface area contributed by atoms with Crippen molar-refractivity contribution < 1.29 is 5.11 Å². The SMILES string of the molecule is CC1(C)c2cc(-c3ccc4c(c3)c3ccccc3n4-c3ccccc3)ccc2-c2c(O)cccc21. The van der Waals surface area contributed by atoms with Gasteiger partial charge in [-0.1, -0.05) is 80.6 Å². The largest absolute Gasteiger partial charge is 0.507 e. The molecule has 6 aromatic rings. The molecule has 7 rings (SSSR count). The zero-order chi connectivity index (χ0) is 23.7. The van der Waals surface area contributed by atoms with Gasteiger partial charge in [0.15, 0.2) is 0 Å². The molecule has 0 unspecified atom stereocenters. The van der Waals surface area contributed by atoms with E-state index in [1.165, 1.54) is 49.7 Å². The fraction of sp³-hybridized carbons (Fsp3) is 0.0909. The zero-order valence-corrected chi connectivity index (χ0v) is 19.8. The van der Waals surface area contributed by atoms with E-state index in [-0.39, 0.29) is 5.41 Å². The molecule has 1 N–H and O–H groups in total. The number of rotatable bonds is 2. The molecule has 5 aromatic carbocycles. The fourth-order valence-corrected chi connectivity index (χ4v) is 5.96. The summed E-state index contributed by atoms with van der Waals surface area (Å²) in [5, 5.41) is 13.1. The maximum absolute atomic E-state index is 10.6. The van der Waals surface area contributed by atoms with E-state index in [1.54, 1.807) is 6.07 Å². The lowest BCUT2D eigenvalue weighted by Crippen LogP contribution is -2.14. The van der Waals surface area contributed by atoms with E-state index in [1.807, 2.05) is 6.07 Å². The molecule has 1 aliphatic carbocycles. The lowest BCUT2D eigenvalue weighted by atomic mass is 9.81. The number of benzene rings is 5. The van der Waals surface area contributed by atoms with Crippen LogP contribution >= 0.6 is 0 Å². The summed E-state index contributed by atoms with van der Waals surface area (Å²) < 4.78 is 2.35. The van der Waals surface area contributed by atoms with Crippen LogP contribution in [0.5, 0.6) is 5.75 Å². The zero-order valence-electron chi connectivity index (χ0n) is 19.8. The van der Waals surface area contributed by atoms with E-state index < -0.39 is 0 Å². The Morgan fingerprint density at radius 3 is 2.17 bits per heavy atom. The van der Waals surface area contributed by atoms with E-state index in [4.69, 9.17) is 0 Å². The van der Waals surface area contributed by atoms with Gasteiger partial charge in [0.05, 0.1) is 11.0 Å². The van der Waals surface area contributed by atoms with Crippen LogP contribution in [0, 0.1) is 0 Å². The van der Waals surface area contributed by atoms with Crippen LogP contribution in [0.15, 0.2) is 109 Å². The normalized spacial score (nSPS) is 13.8. The van der Waals surface area contributed by atoms with Crippen LogP contribution in [-0.2, 0) is 5.41 Å². The minimum Gasteiger partial charge on any atom is -0.507 e. The van der Waals surface area contributed by atoms with E-state index in [0.29, 0.717) is 5.75 Å². The topological polar surface area (TPSA) is 25.2 Å². The van der Waals surface area contributed by atoms with Gasteiger partial charge < -0.3 is 9.67 Å². The van der Waals surface area contributed by atoms with Crippen LogP contribution in [0.4, 0.5) is 0 Å². The van der Waals surface area contributed by atoms with Gasteiger partial charge in [0.1, 0.15) is 5.75 Å². The van der Waals surface area contributed by atoms with Crippen molar-refractivity contribution in [2.75, 3.05) is 0 Å². The van der Waals surface area contributed by atoms with Crippen molar-refractivity contribution in [3.8, 4) is 33.7 Å². The van der Waals surface area contributed by atoms with Gasteiger partial charge in [0.25, 0.3) is 0 Å². The van der Waals surface area contributed by atoms with Crippen molar-refractivity contribution in [3.63, 3.8) is 0 Å². The number of para-hydroxylation sites is 2. The van der Waals surface area contributed by atoms with Crippen LogP contribution < -0.4 is 0 Å². The maximum atomic E-state index is 10.6. The van der Waals surface area contributed by atoms with Crippen molar-refractivity contribution in [3.05, 3.63) is 120 Å².